The van der Waals surface area contributed by atoms with Crippen LogP contribution in [0.4, 0.5) is 0 Å². The summed E-state index contributed by atoms with van der Waals surface area (Å²) in [6.07, 6.45) is 11.6. The number of Topliss-reactive ketones (excluding diaryl/α,β-unsaturated/α-hetero) is 1. The van der Waals surface area contributed by atoms with Crippen molar-refractivity contribution in [3.05, 3.63) is 24.3 Å². The van der Waals surface area contributed by atoms with Gasteiger partial charge in [0.1, 0.15) is 5.78 Å². The van der Waals surface area contributed by atoms with Crippen LogP contribution in [0, 0.1) is 34.5 Å². The number of hydrogen-bond donors (Lipinski definition) is 1. The fourth-order valence-corrected chi connectivity index (χ4v) is 7.74. The number of thiol groups is 1. The molecular weight excluding hydrogens is 328 g/mol. The van der Waals surface area contributed by atoms with Gasteiger partial charge in [-0.2, -0.15) is 12.6 Å². The molecule has 25 heavy (non-hydrogen) atoms. The highest BCUT2D eigenvalue weighted by atomic mass is 32.1. The number of hydrogen-bond acceptors (Lipinski definition) is 3. The van der Waals surface area contributed by atoms with Gasteiger partial charge in [0.15, 0.2) is 5.78 Å². The van der Waals surface area contributed by atoms with E-state index in [-0.39, 0.29) is 10.8 Å². The van der Waals surface area contributed by atoms with E-state index < -0.39 is 0 Å². The van der Waals surface area contributed by atoms with Crippen molar-refractivity contribution in [1.29, 1.82) is 0 Å². The smallest absolute Gasteiger partial charge is 0.155 e. The Bertz CT molecular complexity index is 650. The van der Waals surface area contributed by atoms with Gasteiger partial charge in [-0.25, -0.2) is 0 Å². The second kappa shape index (κ2) is 6.11. The Morgan fingerprint density at radius 3 is 2.80 bits per heavy atom. The zero-order valence-electron chi connectivity index (χ0n) is 15.3. The van der Waals surface area contributed by atoms with Gasteiger partial charge in [0.05, 0.1) is 0 Å². The first-order chi connectivity index (χ1) is 12.0. The van der Waals surface area contributed by atoms with Gasteiger partial charge in [-0.1, -0.05) is 18.6 Å². The van der Waals surface area contributed by atoms with E-state index in [1.807, 2.05) is 12.2 Å². The Morgan fingerprint density at radius 2 is 2.08 bits per heavy atom. The van der Waals surface area contributed by atoms with Crippen LogP contribution in [-0.4, -0.2) is 17.3 Å². The van der Waals surface area contributed by atoms with Crippen LogP contribution >= 0.6 is 12.6 Å². The summed E-state index contributed by atoms with van der Waals surface area (Å²) in [7, 11) is 0. The van der Waals surface area contributed by atoms with Crippen molar-refractivity contribution >= 4 is 24.2 Å². The van der Waals surface area contributed by atoms with E-state index in [2.05, 4.69) is 13.5 Å². The maximum Gasteiger partial charge on any atom is 0.155 e. The SMILES string of the molecule is C=CCC1CC(=O)[C@@]2(C)CC[C@@H]3[C@@H](CCC4=CC(=O)CC[C@@]43CS)[C@H]12. The highest BCUT2D eigenvalue weighted by molar-refractivity contribution is 7.80. The number of allylic oxidation sites excluding steroid dienone is 2. The van der Waals surface area contributed by atoms with Crippen LogP contribution in [0.15, 0.2) is 24.3 Å². The molecule has 0 aromatic carbocycles. The molecule has 1 unspecified atom stereocenters. The molecule has 3 saturated carbocycles. The second-order valence-electron chi connectivity index (χ2n) is 9.15. The van der Waals surface area contributed by atoms with Gasteiger partial charge >= 0.3 is 0 Å². The van der Waals surface area contributed by atoms with Crippen LogP contribution in [0.2, 0.25) is 0 Å². The molecule has 0 radical (unpaired) electrons. The quantitative estimate of drug-likeness (QED) is 0.581. The first-order valence-corrected chi connectivity index (χ1v) is 10.6. The molecule has 4 rings (SSSR count). The second-order valence-corrected chi connectivity index (χ2v) is 9.47. The Kier molecular flexibility index (Phi) is 4.30. The number of fused-ring (bicyclic) bond motifs is 5. The molecule has 3 heteroatoms. The highest BCUT2D eigenvalue weighted by Gasteiger charge is 2.62. The molecule has 6 atom stereocenters. The summed E-state index contributed by atoms with van der Waals surface area (Å²) in [5, 5.41) is 0. The summed E-state index contributed by atoms with van der Waals surface area (Å²) in [5.41, 5.74) is 1.34. The van der Waals surface area contributed by atoms with Crippen molar-refractivity contribution in [2.24, 2.45) is 34.5 Å². The Morgan fingerprint density at radius 1 is 1.28 bits per heavy atom. The summed E-state index contributed by atoms with van der Waals surface area (Å²) in [4.78, 5) is 24.9. The standard InChI is InChI=1S/C22H30O2S/c1-3-4-14-11-19(24)21(2)9-8-18-17(20(14)21)6-5-15-12-16(23)7-10-22(15,18)13-25/h3,12,14,17-18,20,25H,1,4-11,13H2,2H3/t14?,17-,18-,20+,21-,22-/m1/s1. The number of ketones is 2. The predicted octanol–water partition coefficient (Wildman–Crippen LogP) is 4.80. The average molecular weight is 359 g/mol. The molecule has 4 aliphatic rings. The maximum absolute atomic E-state index is 12.9. The van der Waals surface area contributed by atoms with Gasteiger partial charge in [0, 0.05) is 23.7 Å². The molecule has 0 N–H and O–H groups in total. The van der Waals surface area contributed by atoms with Crippen molar-refractivity contribution < 1.29 is 9.59 Å². The minimum absolute atomic E-state index is 0.103. The van der Waals surface area contributed by atoms with Crippen molar-refractivity contribution in [3.63, 3.8) is 0 Å². The predicted molar refractivity (Wildman–Crippen MR) is 104 cm³/mol. The molecule has 0 aromatic rings. The van der Waals surface area contributed by atoms with Crippen molar-refractivity contribution in [2.75, 3.05) is 5.75 Å². The van der Waals surface area contributed by atoms with E-state index in [1.165, 1.54) is 5.57 Å². The molecule has 2 nitrogen and oxygen atoms in total. The maximum atomic E-state index is 12.9. The molecule has 0 spiro atoms. The van der Waals surface area contributed by atoms with Gasteiger partial charge in [0.2, 0.25) is 0 Å². The molecule has 3 fully saturated rings. The van der Waals surface area contributed by atoms with E-state index in [0.717, 1.165) is 50.7 Å². The minimum Gasteiger partial charge on any atom is -0.299 e. The van der Waals surface area contributed by atoms with E-state index >= 15 is 0 Å². The van der Waals surface area contributed by atoms with Crippen LogP contribution in [0.25, 0.3) is 0 Å². The van der Waals surface area contributed by atoms with Gasteiger partial charge in [-0.05, 0) is 74.0 Å². The van der Waals surface area contributed by atoms with Crippen molar-refractivity contribution in [2.45, 2.75) is 58.3 Å². The molecule has 136 valence electrons. The molecule has 0 aromatic heterocycles. The fraction of sp³-hybridized carbons (Fsp3) is 0.727. The number of rotatable bonds is 3. The van der Waals surface area contributed by atoms with Crippen LogP contribution in [0.5, 0.6) is 0 Å². The van der Waals surface area contributed by atoms with Crippen LogP contribution < -0.4 is 0 Å². The molecule has 0 bridgehead atoms. The molecule has 0 aliphatic heterocycles. The Balaban J connectivity index is 1.74. The van der Waals surface area contributed by atoms with E-state index in [9.17, 15) is 9.59 Å². The fourth-order valence-electron chi connectivity index (χ4n) is 7.14. The van der Waals surface area contributed by atoms with Crippen LogP contribution in [-0.2, 0) is 9.59 Å². The monoisotopic (exact) mass is 358 g/mol. The zero-order valence-corrected chi connectivity index (χ0v) is 16.2. The Hall–Kier alpha value is -0.830. The molecule has 0 heterocycles. The normalized spacial score (nSPS) is 46.1. The lowest BCUT2D eigenvalue weighted by Crippen LogP contribution is -2.53. The Labute approximate surface area is 156 Å². The first kappa shape index (κ1) is 17.6. The van der Waals surface area contributed by atoms with E-state index in [4.69, 9.17) is 12.6 Å². The summed E-state index contributed by atoms with van der Waals surface area (Å²) in [6, 6.07) is 0. The first-order valence-electron chi connectivity index (χ1n) is 9.95. The van der Waals surface area contributed by atoms with Gasteiger partial charge in [-0.3, -0.25) is 9.59 Å². The molecule has 4 aliphatic carbocycles. The van der Waals surface area contributed by atoms with Crippen LogP contribution in [0.3, 0.4) is 0 Å². The van der Waals surface area contributed by atoms with Gasteiger partial charge in [-0.15, -0.1) is 6.58 Å². The molecular formula is C22H30O2S. The van der Waals surface area contributed by atoms with E-state index in [1.54, 1.807) is 0 Å². The van der Waals surface area contributed by atoms with Crippen LogP contribution in [0.1, 0.15) is 58.3 Å². The number of carbonyl (C=O) groups excluding carboxylic acids is 2. The molecule has 0 amide bonds. The molecule has 0 saturated heterocycles. The third kappa shape index (κ3) is 2.37. The van der Waals surface area contributed by atoms with E-state index in [0.29, 0.717) is 41.7 Å². The minimum atomic E-state index is -0.127. The third-order valence-corrected chi connectivity index (χ3v) is 8.85. The van der Waals surface area contributed by atoms with Crippen molar-refractivity contribution in [1.82, 2.24) is 0 Å². The topological polar surface area (TPSA) is 34.1 Å². The average Bonchev–Trinajstić information content (AvgIpc) is 2.85. The number of carbonyl (C=O) groups is 2. The lowest BCUT2D eigenvalue weighted by atomic mass is 9.46. The summed E-state index contributed by atoms with van der Waals surface area (Å²) in [6.45, 7) is 6.19. The highest BCUT2D eigenvalue weighted by Crippen LogP contribution is 2.66. The lowest BCUT2D eigenvalue weighted by Gasteiger charge is -2.58. The summed E-state index contributed by atoms with van der Waals surface area (Å²) >= 11 is 4.79. The van der Waals surface area contributed by atoms with Gasteiger partial charge < -0.3 is 0 Å². The third-order valence-electron chi connectivity index (χ3n) is 8.28. The zero-order chi connectivity index (χ0) is 17.8. The summed E-state index contributed by atoms with van der Waals surface area (Å²) < 4.78 is 0. The lowest BCUT2D eigenvalue weighted by molar-refractivity contribution is -0.132. The van der Waals surface area contributed by atoms with Crippen molar-refractivity contribution in [3.8, 4) is 0 Å². The van der Waals surface area contributed by atoms with Gasteiger partial charge in [0.25, 0.3) is 0 Å². The summed E-state index contributed by atoms with van der Waals surface area (Å²) in [5.74, 6) is 3.79. The largest absolute Gasteiger partial charge is 0.299 e.